The average molecular weight is 420 g/mol. The Kier molecular flexibility index (Phi) is 5.87. The van der Waals surface area contributed by atoms with Crippen LogP contribution in [0, 0.1) is 0 Å². The van der Waals surface area contributed by atoms with Crippen LogP contribution >= 0.6 is 0 Å². The second-order valence-electron chi connectivity index (χ2n) is 7.47. The minimum Gasteiger partial charge on any atom is -0.393 e. The Morgan fingerprint density at radius 2 is 1.97 bits per heavy atom. The number of hydrogen-bond donors (Lipinski definition) is 3. The zero-order chi connectivity index (χ0) is 21.8. The van der Waals surface area contributed by atoms with Gasteiger partial charge in [-0.3, -0.25) is 14.6 Å². The standard InChI is InChI=1S/C21H24N8O2/c1-23-11-17(18(22)21(31)29-7-2-8-29)28-20(30)19-16(26-14-9-24-12-25-10-14)6-5-15(27-19)13-3-4-13/h5-6,9-13,26H,2-4,7-8,22H2,1H3,(H,28,30). The van der Waals surface area contributed by atoms with Gasteiger partial charge in [0.1, 0.15) is 12.0 Å². The number of likely N-dealkylation sites (tertiary alicyclic amines) is 1. The van der Waals surface area contributed by atoms with Gasteiger partial charge in [-0.15, -0.1) is 0 Å². The van der Waals surface area contributed by atoms with E-state index >= 15 is 0 Å². The molecular formula is C21H24N8O2. The first kappa shape index (κ1) is 20.5. The SMILES string of the molecule is CN=CC(NC(=O)c1nc(C2CC2)ccc1Nc1cncnc1)=C(N)C(=O)N1CCC1. The molecule has 1 saturated carbocycles. The number of amides is 2. The summed E-state index contributed by atoms with van der Waals surface area (Å²) in [4.78, 5) is 43.8. The Hall–Kier alpha value is -3.82. The second-order valence-corrected chi connectivity index (χ2v) is 7.47. The normalized spacial score (nSPS) is 16.5. The summed E-state index contributed by atoms with van der Waals surface area (Å²) in [6.07, 6.45) is 9.04. The number of allylic oxidation sites excluding steroid dienone is 1. The lowest BCUT2D eigenvalue weighted by Crippen LogP contribution is -2.45. The molecule has 2 aromatic heterocycles. The van der Waals surface area contributed by atoms with Gasteiger partial charge in [0.05, 0.1) is 29.5 Å². The van der Waals surface area contributed by atoms with Crippen LogP contribution in [-0.2, 0) is 4.79 Å². The lowest BCUT2D eigenvalue weighted by molar-refractivity contribution is -0.130. The highest BCUT2D eigenvalue weighted by Gasteiger charge is 2.28. The molecule has 0 spiro atoms. The lowest BCUT2D eigenvalue weighted by atomic mass is 10.1. The summed E-state index contributed by atoms with van der Waals surface area (Å²) in [5, 5.41) is 5.85. The number of carbonyl (C=O) groups excluding carboxylic acids is 2. The Morgan fingerprint density at radius 1 is 1.23 bits per heavy atom. The van der Waals surface area contributed by atoms with Crippen LogP contribution in [0.25, 0.3) is 0 Å². The van der Waals surface area contributed by atoms with E-state index in [0.29, 0.717) is 30.4 Å². The van der Waals surface area contributed by atoms with Gasteiger partial charge in [-0.2, -0.15) is 0 Å². The zero-order valence-corrected chi connectivity index (χ0v) is 17.2. The number of anilines is 2. The number of nitrogens with zero attached hydrogens (tertiary/aromatic N) is 5. The summed E-state index contributed by atoms with van der Waals surface area (Å²) in [7, 11) is 1.54. The van der Waals surface area contributed by atoms with Crippen LogP contribution in [0.2, 0.25) is 0 Å². The van der Waals surface area contributed by atoms with Gasteiger partial charge >= 0.3 is 0 Å². The maximum atomic E-state index is 13.2. The first-order valence-electron chi connectivity index (χ1n) is 10.1. The summed E-state index contributed by atoms with van der Waals surface area (Å²) in [5.41, 5.74) is 8.33. The molecule has 10 nitrogen and oxygen atoms in total. The van der Waals surface area contributed by atoms with Crippen LogP contribution in [0.1, 0.15) is 41.4 Å². The minimum atomic E-state index is -0.490. The highest BCUT2D eigenvalue weighted by atomic mass is 16.2. The van der Waals surface area contributed by atoms with E-state index in [1.807, 2.05) is 12.1 Å². The zero-order valence-electron chi connectivity index (χ0n) is 17.2. The molecule has 0 bridgehead atoms. The number of aromatic nitrogens is 3. The third-order valence-corrected chi connectivity index (χ3v) is 5.14. The predicted molar refractivity (Wildman–Crippen MR) is 116 cm³/mol. The minimum absolute atomic E-state index is 0.0528. The lowest BCUT2D eigenvalue weighted by Gasteiger charge is -2.31. The Labute approximate surface area is 179 Å². The molecule has 1 aliphatic carbocycles. The summed E-state index contributed by atoms with van der Waals surface area (Å²) in [6, 6.07) is 3.72. The van der Waals surface area contributed by atoms with Crippen molar-refractivity contribution in [2.45, 2.75) is 25.2 Å². The van der Waals surface area contributed by atoms with E-state index in [9.17, 15) is 9.59 Å². The number of pyridine rings is 1. The van der Waals surface area contributed by atoms with E-state index < -0.39 is 5.91 Å². The molecule has 3 heterocycles. The van der Waals surface area contributed by atoms with Gasteiger partial charge in [-0.25, -0.2) is 15.0 Å². The van der Waals surface area contributed by atoms with Gasteiger partial charge in [0, 0.05) is 38.0 Å². The number of nitrogens with two attached hydrogens (primary N) is 1. The first-order chi connectivity index (χ1) is 15.1. The van der Waals surface area contributed by atoms with E-state index in [0.717, 1.165) is 25.0 Å². The molecule has 31 heavy (non-hydrogen) atoms. The fourth-order valence-corrected chi connectivity index (χ4v) is 3.16. The molecule has 160 valence electrons. The van der Waals surface area contributed by atoms with Crippen molar-refractivity contribution in [2.24, 2.45) is 10.7 Å². The van der Waals surface area contributed by atoms with E-state index in [1.165, 1.54) is 12.5 Å². The van der Waals surface area contributed by atoms with Gasteiger partial charge in [0.25, 0.3) is 11.8 Å². The fraction of sp³-hybridized carbons (Fsp3) is 0.333. The average Bonchev–Trinajstić information content (AvgIpc) is 3.58. The second kappa shape index (κ2) is 8.90. The largest absolute Gasteiger partial charge is 0.393 e. The third-order valence-electron chi connectivity index (χ3n) is 5.14. The Bertz CT molecular complexity index is 1040. The molecule has 1 aliphatic heterocycles. The van der Waals surface area contributed by atoms with Crippen molar-refractivity contribution in [3.63, 3.8) is 0 Å². The summed E-state index contributed by atoms with van der Waals surface area (Å²) in [6.45, 7) is 1.31. The van der Waals surface area contributed by atoms with Gasteiger partial charge in [-0.1, -0.05) is 0 Å². The smallest absolute Gasteiger partial charge is 0.276 e. The molecule has 2 amide bonds. The van der Waals surface area contributed by atoms with Crippen molar-refractivity contribution in [3.05, 3.63) is 53.6 Å². The van der Waals surface area contributed by atoms with Crippen LogP contribution in [0.5, 0.6) is 0 Å². The summed E-state index contributed by atoms with van der Waals surface area (Å²) in [5.74, 6) is -0.442. The molecule has 0 aromatic carbocycles. The molecule has 2 aromatic rings. The van der Waals surface area contributed by atoms with Crippen molar-refractivity contribution in [3.8, 4) is 0 Å². The number of hydrogen-bond acceptors (Lipinski definition) is 8. The maximum Gasteiger partial charge on any atom is 0.276 e. The van der Waals surface area contributed by atoms with Crippen molar-refractivity contribution >= 4 is 29.4 Å². The molecule has 10 heteroatoms. The first-order valence-corrected chi connectivity index (χ1v) is 10.1. The maximum absolute atomic E-state index is 13.2. The molecular weight excluding hydrogens is 396 g/mol. The van der Waals surface area contributed by atoms with Crippen LogP contribution in [-0.4, -0.2) is 58.0 Å². The van der Waals surface area contributed by atoms with Crippen molar-refractivity contribution in [2.75, 3.05) is 25.5 Å². The highest BCUT2D eigenvalue weighted by Crippen LogP contribution is 2.39. The fourth-order valence-electron chi connectivity index (χ4n) is 3.16. The number of rotatable bonds is 7. The van der Waals surface area contributed by atoms with Gasteiger partial charge < -0.3 is 21.3 Å². The number of nitrogens with one attached hydrogen (secondary N) is 2. The third kappa shape index (κ3) is 4.68. The monoisotopic (exact) mass is 420 g/mol. The predicted octanol–water partition coefficient (Wildman–Crippen LogP) is 1.33. The van der Waals surface area contributed by atoms with E-state index in [2.05, 4.69) is 30.6 Å². The van der Waals surface area contributed by atoms with Gasteiger partial charge in [0.2, 0.25) is 0 Å². The van der Waals surface area contributed by atoms with Crippen molar-refractivity contribution < 1.29 is 9.59 Å². The molecule has 1 saturated heterocycles. The van der Waals surface area contributed by atoms with E-state index in [4.69, 9.17) is 5.73 Å². The highest BCUT2D eigenvalue weighted by molar-refractivity contribution is 6.05. The van der Waals surface area contributed by atoms with Crippen molar-refractivity contribution in [1.29, 1.82) is 0 Å². The van der Waals surface area contributed by atoms with Crippen LogP contribution < -0.4 is 16.4 Å². The molecule has 4 rings (SSSR count). The molecule has 0 radical (unpaired) electrons. The van der Waals surface area contributed by atoms with Crippen LogP contribution in [0.3, 0.4) is 0 Å². The van der Waals surface area contributed by atoms with E-state index in [1.54, 1.807) is 24.3 Å². The molecule has 4 N–H and O–H groups in total. The van der Waals surface area contributed by atoms with Gasteiger partial charge in [0.15, 0.2) is 5.69 Å². The quantitative estimate of drug-likeness (QED) is 0.453. The van der Waals surface area contributed by atoms with Crippen molar-refractivity contribution in [1.82, 2.24) is 25.2 Å². The molecule has 2 fully saturated rings. The Balaban J connectivity index is 1.63. The number of aliphatic imine (C=N–C) groups is 1. The van der Waals surface area contributed by atoms with Gasteiger partial charge in [-0.05, 0) is 31.4 Å². The Morgan fingerprint density at radius 3 is 2.58 bits per heavy atom. The summed E-state index contributed by atoms with van der Waals surface area (Å²) >= 11 is 0. The number of carbonyl (C=O) groups is 2. The van der Waals surface area contributed by atoms with E-state index in [-0.39, 0.29) is 23.0 Å². The summed E-state index contributed by atoms with van der Waals surface area (Å²) < 4.78 is 0. The molecule has 2 aliphatic rings. The van der Waals surface area contributed by atoms with Crippen LogP contribution in [0.4, 0.5) is 11.4 Å². The molecule has 0 atom stereocenters. The van der Waals surface area contributed by atoms with Crippen LogP contribution in [0.15, 0.2) is 47.2 Å². The topological polar surface area (TPSA) is 138 Å². The molecule has 0 unspecified atom stereocenters.